The Balaban J connectivity index is 3.75. The topological polar surface area (TPSA) is 9.23 Å². The second-order valence-corrected chi connectivity index (χ2v) is 8.82. The molecule has 0 saturated carbocycles. The van der Waals surface area contributed by atoms with Crippen LogP contribution in [0.5, 0.6) is 0 Å². The molecule has 1 heteroatoms. The lowest BCUT2D eigenvalue weighted by Gasteiger charge is -2.17. The van der Waals surface area contributed by atoms with Gasteiger partial charge in [0.25, 0.3) is 0 Å². The largest absolute Gasteiger partial charge is 0.381 e. The molecule has 0 radical (unpaired) electrons. The minimum absolute atomic E-state index is 0.822. The summed E-state index contributed by atoms with van der Waals surface area (Å²) >= 11 is 0. The lowest BCUT2D eigenvalue weighted by Crippen LogP contribution is -2.11. The van der Waals surface area contributed by atoms with Crippen molar-refractivity contribution >= 4 is 0 Å². The van der Waals surface area contributed by atoms with Crippen LogP contribution >= 0.6 is 0 Å². The first-order chi connectivity index (χ1) is 13.3. The van der Waals surface area contributed by atoms with E-state index >= 15 is 0 Å². The van der Waals surface area contributed by atoms with Crippen molar-refractivity contribution in [1.29, 1.82) is 0 Å². The van der Waals surface area contributed by atoms with Gasteiger partial charge in [0.05, 0.1) is 0 Å². The monoisotopic (exact) mass is 382 g/mol. The van der Waals surface area contributed by atoms with Crippen molar-refractivity contribution in [2.24, 2.45) is 5.92 Å². The third-order valence-electron chi connectivity index (χ3n) is 5.93. The van der Waals surface area contributed by atoms with Crippen LogP contribution in [0.4, 0.5) is 0 Å². The third kappa shape index (κ3) is 22.1. The molecule has 0 aliphatic carbocycles. The summed E-state index contributed by atoms with van der Waals surface area (Å²) in [5, 5.41) is 0. The summed E-state index contributed by atoms with van der Waals surface area (Å²) in [4.78, 5) is 0. The van der Waals surface area contributed by atoms with Crippen molar-refractivity contribution < 1.29 is 4.74 Å². The second kappa shape index (κ2) is 24.0. The fraction of sp³-hybridized carbons (Fsp3) is 1.00. The van der Waals surface area contributed by atoms with Crippen LogP contribution in [0.1, 0.15) is 149 Å². The van der Waals surface area contributed by atoms with Gasteiger partial charge in [-0.25, -0.2) is 0 Å². The Morgan fingerprint density at radius 2 is 0.815 bits per heavy atom. The minimum Gasteiger partial charge on any atom is -0.381 e. The van der Waals surface area contributed by atoms with Crippen molar-refractivity contribution in [2.75, 3.05) is 13.2 Å². The molecule has 0 rings (SSSR count). The maximum atomic E-state index is 6.09. The first-order valence-electron chi connectivity index (χ1n) is 12.9. The van der Waals surface area contributed by atoms with Gasteiger partial charge in [0, 0.05) is 13.2 Å². The molecule has 0 aromatic rings. The molecule has 164 valence electrons. The SMILES string of the molecule is CCCCCCCCCC(CCCCCCC)COCCCCCCCC. The molecular weight excluding hydrogens is 328 g/mol. The van der Waals surface area contributed by atoms with Crippen molar-refractivity contribution in [3.05, 3.63) is 0 Å². The standard InChI is InChI=1S/C26H54O/c1-4-7-10-13-15-17-20-23-26(22-19-16-12-9-6-3)25-27-24-21-18-14-11-8-5-2/h26H,4-25H2,1-3H3. The number of ether oxygens (including phenoxy) is 1. The third-order valence-corrected chi connectivity index (χ3v) is 5.93. The van der Waals surface area contributed by atoms with Gasteiger partial charge >= 0.3 is 0 Å². The Hall–Kier alpha value is -0.0400. The van der Waals surface area contributed by atoms with E-state index < -0.39 is 0 Å². The van der Waals surface area contributed by atoms with E-state index in [9.17, 15) is 0 Å². The van der Waals surface area contributed by atoms with E-state index in [1.54, 1.807) is 0 Å². The molecule has 1 nitrogen and oxygen atoms in total. The van der Waals surface area contributed by atoms with Gasteiger partial charge in [-0.05, 0) is 25.2 Å². The fourth-order valence-corrected chi connectivity index (χ4v) is 3.97. The van der Waals surface area contributed by atoms with Gasteiger partial charge in [0.15, 0.2) is 0 Å². The average Bonchev–Trinajstić information content (AvgIpc) is 2.68. The summed E-state index contributed by atoms with van der Waals surface area (Å²) in [6.07, 6.45) is 28.0. The van der Waals surface area contributed by atoms with Crippen LogP contribution < -0.4 is 0 Å². The molecule has 1 atom stereocenters. The highest BCUT2D eigenvalue weighted by Gasteiger charge is 2.09. The first kappa shape index (κ1) is 27.0. The molecule has 0 amide bonds. The molecular formula is C26H54O. The molecule has 0 aromatic heterocycles. The second-order valence-electron chi connectivity index (χ2n) is 8.82. The Bertz CT molecular complexity index is 251. The normalized spacial score (nSPS) is 12.6. The first-order valence-corrected chi connectivity index (χ1v) is 12.9. The van der Waals surface area contributed by atoms with Crippen LogP contribution in [-0.2, 0) is 4.74 Å². The predicted molar refractivity (Wildman–Crippen MR) is 124 cm³/mol. The number of rotatable bonds is 23. The molecule has 27 heavy (non-hydrogen) atoms. The summed E-state index contributed by atoms with van der Waals surface area (Å²) in [5.41, 5.74) is 0. The number of hydrogen-bond donors (Lipinski definition) is 0. The van der Waals surface area contributed by atoms with E-state index in [0.717, 1.165) is 19.1 Å². The van der Waals surface area contributed by atoms with Gasteiger partial charge in [-0.3, -0.25) is 0 Å². The molecule has 0 aliphatic rings. The lowest BCUT2D eigenvalue weighted by molar-refractivity contribution is 0.0878. The van der Waals surface area contributed by atoms with Gasteiger partial charge in [-0.2, -0.15) is 0 Å². The molecule has 0 saturated heterocycles. The summed E-state index contributed by atoms with van der Waals surface area (Å²) in [5.74, 6) is 0.822. The predicted octanol–water partition coefficient (Wildman–Crippen LogP) is 9.48. The molecule has 0 fully saturated rings. The van der Waals surface area contributed by atoms with Gasteiger partial charge in [0.1, 0.15) is 0 Å². The molecule has 0 aromatic carbocycles. The van der Waals surface area contributed by atoms with Crippen molar-refractivity contribution in [2.45, 2.75) is 149 Å². The molecule has 0 aliphatic heterocycles. The maximum Gasteiger partial charge on any atom is 0.0494 e. The zero-order valence-corrected chi connectivity index (χ0v) is 19.5. The summed E-state index contributed by atoms with van der Waals surface area (Å²) in [7, 11) is 0. The molecule has 0 bridgehead atoms. The number of hydrogen-bond acceptors (Lipinski definition) is 1. The zero-order valence-electron chi connectivity index (χ0n) is 19.5. The maximum absolute atomic E-state index is 6.09. The summed E-state index contributed by atoms with van der Waals surface area (Å²) in [6, 6.07) is 0. The lowest BCUT2D eigenvalue weighted by atomic mass is 9.95. The highest BCUT2D eigenvalue weighted by molar-refractivity contribution is 4.61. The molecule has 0 heterocycles. The Morgan fingerprint density at radius 3 is 1.26 bits per heavy atom. The Morgan fingerprint density at radius 1 is 0.444 bits per heavy atom. The van der Waals surface area contributed by atoms with E-state index in [1.807, 2.05) is 0 Å². The van der Waals surface area contributed by atoms with E-state index in [2.05, 4.69) is 20.8 Å². The number of unbranched alkanes of at least 4 members (excludes halogenated alkanes) is 15. The van der Waals surface area contributed by atoms with E-state index in [1.165, 1.54) is 128 Å². The highest BCUT2D eigenvalue weighted by Crippen LogP contribution is 2.20. The summed E-state index contributed by atoms with van der Waals surface area (Å²) < 4.78 is 6.09. The fourth-order valence-electron chi connectivity index (χ4n) is 3.97. The van der Waals surface area contributed by atoms with Crippen LogP contribution in [0.15, 0.2) is 0 Å². The summed E-state index contributed by atoms with van der Waals surface area (Å²) in [6.45, 7) is 8.92. The van der Waals surface area contributed by atoms with Gasteiger partial charge in [-0.15, -0.1) is 0 Å². The van der Waals surface area contributed by atoms with Gasteiger partial charge in [-0.1, -0.05) is 130 Å². The van der Waals surface area contributed by atoms with Crippen LogP contribution in [0.3, 0.4) is 0 Å². The van der Waals surface area contributed by atoms with Crippen LogP contribution in [0, 0.1) is 5.92 Å². The van der Waals surface area contributed by atoms with E-state index in [-0.39, 0.29) is 0 Å². The molecule has 1 unspecified atom stereocenters. The smallest absolute Gasteiger partial charge is 0.0494 e. The average molecular weight is 383 g/mol. The van der Waals surface area contributed by atoms with Crippen molar-refractivity contribution in [1.82, 2.24) is 0 Å². The van der Waals surface area contributed by atoms with Crippen molar-refractivity contribution in [3.8, 4) is 0 Å². The van der Waals surface area contributed by atoms with Crippen LogP contribution in [0.25, 0.3) is 0 Å². The highest BCUT2D eigenvalue weighted by atomic mass is 16.5. The Kier molecular flexibility index (Phi) is 24.0. The molecule has 0 spiro atoms. The molecule has 0 N–H and O–H groups in total. The van der Waals surface area contributed by atoms with Crippen LogP contribution in [0.2, 0.25) is 0 Å². The van der Waals surface area contributed by atoms with E-state index in [4.69, 9.17) is 4.74 Å². The van der Waals surface area contributed by atoms with Crippen molar-refractivity contribution in [3.63, 3.8) is 0 Å². The van der Waals surface area contributed by atoms with Crippen LogP contribution in [-0.4, -0.2) is 13.2 Å². The quantitative estimate of drug-likeness (QED) is 0.160. The van der Waals surface area contributed by atoms with E-state index in [0.29, 0.717) is 0 Å². The minimum atomic E-state index is 0.822. The Labute approximate surface area is 173 Å². The van der Waals surface area contributed by atoms with Gasteiger partial charge in [0.2, 0.25) is 0 Å². The van der Waals surface area contributed by atoms with Gasteiger partial charge < -0.3 is 4.74 Å². The zero-order chi connectivity index (χ0) is 19.8.